The normalized spacial score (nSPS) is 15.5. The number of nitrogens with two attached hydrogens (primary N) is 1. The molecule has 0 unspecified atom stereocenters. The standard InChI is InChI=1S/C23H22BrN3O5/c1-23(2,3)32-22(30)27-15-7-5-4-6-12(15)10-16(27)21(29)26-18-14-11-13(24)8-9-17(14)31-19(18)20(25)28/h4-9,11,16H,10H2,1-3H3,(H2,25,28)(H,26,29)/t16-/m0/s1. The lowest BCUT2D eigenvalue weighted by Gasteiger charge is -2.28. The molecule has 2 heterocycles. The van der Waals surface area contributed by atoms with Crippen molar-refractivity contribution in [2.75, 3.05) is 10.2 Å². The maximum absolute atomic E-state index is 13.4. The van der Waals surface area contributed by atoms with Gasteiger partial charge in [0.15, 0.2) is 0 Å². The maximum Gasteiger partial charge on any atom is 0.415 e. The van der Waals surface area contributed by atoms with Crippen LogP contribution in [0.5, 0.6) is 0 Å². The van der Waals surface area contributed by atoms with Crippen LogP contribution in [0, 0.1) is 0 Å². The van der Waals surface area contributed by atoms with Crippen LogP contribution in [0.3, 0.4) is 0 Å². The molecule has 1 aliphatic rings. The average molecular weight is 500 g/mol. The number of amides is 3. The lowest BCUT2D eigenvalue weighted by molar-refractivity contribution is -0.117. The summed E-state index contributed by atoms with van der Waals surface area (Å²) in [5.74, 6) is -1.46. The Morgan fingerprint density at radius 2 is 1.91 bits per heavy atom. The van der Waals surface area contributed by atoms with E-state index in [0.29, 0.717) is 23.1 Å². The van der Waals surface area contributed by atoms with E-state index >= 15 is 0 Å². The third-order valence-corrected chi connectivity index (χ3v) is 5.48. The number of carbonyl (C=O) groups is 3. The van der Waals surface area contributed by atoms with Crippen molar-refractivity contribution in [3.8, 4) is 0 Å². The largest absolute Gasteiger partial charge is 0.449 e. The van der Waals surface area contributed by atoms with Gasteiger partial charge in [-0.1, -0.05) is 34.1 Å². The third kappa shape index (κ3) is 4.08. The Morgan fingerprint density at radius 1 is 1.19 bits per heavy atom. The summed E-state index contributed by atoms with van der Waals surface area (Å²) in [6.07, 6.45) is -0.329. The van der Waals surface area contributed by atoms with Crippen molar-refractivity contribution in [2.45, 2.75) is 38.8 Å². The van der Waals surface area contributed by atoms with E-state index < -0.39 is 29.6 Å². The Labute approximate surface area is 192 Å². The molecule has 1 atom stereocenters. The molecule has 3 aromatic rings. The van der Waals surface area contributed by atoms with E-state index in [1.807, 2.05) is 12.1 Å². The van der Waals surface area contributed by atoms with Gasteiger partial charge in [-0.25, -0.2) is 4.79 Å². The maximum atomic E-state index is 13.4. The number of rotatable bonds is 3. The highest BCUT2D eigenvalue weighted by molar-refractivity contribution is 9.10. The van der Waals surface area contributed by atoms with Crippen molar-refractivity contribution >= 4 is 56.2 Å². The van der Waals surface area contributed by atoms with Crippen molar-refractivity contribution in [3.63, 3.8) is 0 Å². The molecule has 166 valence electrons. The number of carbonyl (C=O) groups excluding carboxylic acids is 3. The minimum Gasteiger partial charge on any atom is -0.449 e. The molecule has 1 aromatic heterocycles. The summed E-state index contributed by atoms with van der Waals surface area (Å²) in [6.45, 7) is 5.28. The summed E-state index contributed by atoms with van der Waals surface area (Å²) in [5.41, 5.74) is 6.76. The van der Waals surface area contributed by atoms with Crippen LogP contribution in [0.25, 0.3) is 11.0 Å². The van der Waals surface area contributed by atoms with Crippen LogP contribution in [0.1, 0.15) is 36.9 Å². The van der Waals surface area contributed by atoms with Crippen LogP contribution >= 0.6 is 15.9 Å². The number of halogens is 1. The van der Waals surface area contributed by atoms with Gasteiger partial charge in [0.2, 0.25) is 11.7 Å². The Balaban J connectivity index is 1.71. The first-order valence-electron chi connectivity index (χ1n) is 9.98. The number of para-hydroxylation sites is 1. The molecule has 0 radical (unpaired) electrons. The van der Waals surface area contributed by atoms with Crippen LogP contribution in [0.15, 0.2) is 51.4 Å². The number of hydrogen-bond acceptors (Lipinski definition) is 5. The molecule has 4 rings (SSSR count). The number of hydrogen-bond donors (Lipinski definition) is 2. The fourth-order valence-corrected chi connectivity index (χ4v) is 4.07. The van der Waals surface area contributed by atoms with E-state index in [2.05, 4.69) is 21.2 Å². The molecule has 0 spiro atoms. The molecule has 8 nitrogen and oxygen atoms in total. The van der Waals surface area contributed by atoms with Gasteiger partial charge in [0.25, 0.3) is 5.91 Å². The molecule has 3 amide bonds. The highest BCUT2D eigenvalue weighted by Gasteiger charge is 2.41. The fraction of sp³-hybridized carbons (Fsp3) is 0.261. The predicted molar refractivity (Wildman–Crippen MR) is 124 cm³/mol. The van der Waals surface area contributed by atoms with Gasteiger partial charge in [0, 0.05) is 16.3 Å². The first kappa shape index (κ1) is 21.9. The lowest BCUT2D eigenvalue weighted by atomic mass is 10.1. The Bertz CT molecular complexity index is 1240. The van der Waals surface area contributed by atoms with E-state index in [1.54, 1.807) is 51.1 Å². The van der Waals surface area contributed by atoms with Crippen molar-refractivity contribution < 1.29 is 23.5 Å². The highest BCUT2D eigenvalue weighted by Crippen LogP contribution is 2.36. The highest BCUT2D eigenvalue weighted by atomic mass is 79.9. The van der Waals surface area contributed by atoms with Crippen molar-refractivity contribution in [3.05, 3.63) is 58.3 Å². The summed E-state index contributed by atoms with van der Waals surface area (Å²) < 4.78 is 11.9. The Morgan fingerprint density at radius 3 is 2.59 bits per heavy atom. The van der Waals surface area contributed by atoms with Gasteiger partial charge in [-0.2, -0.15) is 0 Å². The lowest BCUT2D eigenvalue weighted by Crippen LogP contribution is -2.47. The predicted octanol–water partition coefficient (Wildman–Crippen LogP) is 4.60. The van der Waals surface area contributed by atoms with Gasteiger partial charge in [0.1, 0.15) is 22.9 Å². The molecule has 1 aliphatic heterocycles. The number of nitrogens with zero attached hydrogens (tertiary/aromatic N) is 1. The Kier molecular flexibility index (Phi) is 5.46. The molecule has 32 heavy (non-hydrogen) atoms. The molecule has 3 N–H and O–H groups in total. The minimum absolute atomic E-state index is 0.161. The first-order chi connectivity index (χ1) is 15.0. The first-order valence-corrected chi connectivity index (χ1v) is 10.8. The topological polar surface area (TPSA) is 115 Å². The zero-order valence-electron chi connectivity index (χ0n) is 17.8. The van der Waals surface area contributed by atoms with E-state index in [-0.39, 0.29) is 11.4 Å². The monoisotopic (exact) mass is 499 g/mol. The molecule has 0 bridgehead atoms. The number of furan rings is 1. The zero-order valence-corrected chi connectivity index (χ0v) is 19.4. The summed E-state index contributed by atoms with van der Waals surface area (Å²) in [5, 5.41) is 3.28. The summed E-state index contributed by atoms with van der Waals surface area (Å²) >= 11 is 3.38. The number of anilines is 2. The van der Waals surface area contributed by atoms with Gasteiger partial charge < -0.3 is 20.2 Å². The second-order valence-electron chi connectivity index (χ2n) is 8.50. The van der Waals surface area contributed by atoms with Gasteiger partial charge >= 0.3 is 6.09 Å². The number of ether oxygens (including phenoxy) is 1. The SMILES string of the molecule is CC(C)(C)OC(=O)N1c2ccccc2C[C@H]1C(=O)Nc1c(C(N)=O)oc2ccc(Br)cc12. The second kappa shape index (κ2) is 7.98. The molecular formula is C23H22BrN3O5. The van der Waals surface area contributed by atoms with E-state index in [4.69, 9.17) is 14.9 Å². The van der Waals surface area contributed by atoms with Gasteiger partial charge in [-0.3, -0.25) is 14.5 Å². The van der Waals surface area contributed by atoms with E-state index in [9.17, 15) is 14.4 Å². The number of fused-ring (bicyclic) bond motifs is 2. The third-order valence-electron chi connectivity index (χ3n) is 4.99. The van der Waals surface area contributed by atoms with Crippen molar-refractivity contribution in [2.24, 2.45) is 5.73 Å². The molecule has 2 aromatic carbocycles. The van der Waals surface area contributed by atoms with Crippen molar-refractivity contribution in [1.29, 1.82) is 0 Å². The van der Waals surface area contributed by atoms with Crippen LogP contribution in [0.4, 0.5) is 16.2 Å². The molecule has 9 heteroatoms. The molecular weight excluding hydrogens is 478 g/mol. The van der Waals surface area contributed by atoms with Gasteiger partial charge in [-0.05, 0) is 50.6 Å². The quantitative estimate of drug-likeness (QED) is 0.546. The minimum atomic E-state index is -0.875. The molecule has 0 saturated carbocycles. The van der Waals surface area contributed by atoms with E-state index in [0.717, 1.165) is 10.0 Å². The molecule has 0 saturated heterocycles. The van der Waals surface area contributed by atoms with Crippen molar-refractivity contribution in [1.82, 2.24) is 0 Å². The summed E-state index contributed by atoms with van der Waals surface area (Å²) in [4.78, 5) is 39.7. The van der Waals surface area contributed by atoms with Gasteiger partial charge in [0.05, 0.1) is 5.69 Å². The second-order valence-corrected chi connectivity index (χ2v) is 9.41. The zero-order chi connectivity index (χ0) is 23.2. The van der Waals surface area contributed by atoms with Crippen LogP contribution in [-0.2, 0) is 16.0 Å². The molecule has 0 aliphatic carbocycles. The summed E-state index contributed by atoms with van der Waals surface area (Å²) in [7, 11) is 0. The van der Waals surface area contributed by atoms with Crippen LogP contribution in [0.2, 0.25) is 0 Å². The number of benzene rings is 2. The Hall–Kier alpha value is -3.33. The number of primary amides is 1. The van der Waals surface area contributed by atoms with E-state index in [1.165, 1.54) is 4.90 Å². The van der Waals surface area contributed by atoms with Crippen LogP contribution in [-0.4, -0.2) is 29.6 Å². The van der Waals surface area contributed by atoms with Gasteiger partial charge in [-0.15, -0.1) is 0 Å². The summed E-state index contributed by atoms with van der Waals surface area (Å²) in [6, 6.07) is 11.5. The van der Waals surface area contributed by atoms with Crippen LogP contribution < -0.4 is 16.0 Å². The average Bonchev–Trinajstić information content (AvgIpc) is 3.25. The number of nitrogens with one attached hydrogen (secondary N) is 1. The smallest absolute Gasteiger partial charge is 0.415 e. The fourth-order valence-electron chi connectivity index (χ4n) is 3.71. The molecule has 0 fully saturated rings.